The molecule has 2 atom stereocenters. The minimum absolute atomic E-state index is 0.0599. The summed E-state index contributed by atoms with van der Waals surface area (Å²) in [4.78, 5) is 16.7. The van der Waals surface area contributed by atoms with Gasteiger partial charge in [0, 0.05) is 24.5 Å². The predicted octanol–water partition coefficient (Wildman–Crippen LogP) is 3.60. The Bertz CT molecular complexity index is 533. The first-order valence-electron chi connectivity index (χ1n) is 8.49. The van der Waals surface area contributed by atoms with Crippen LogP contribution in [-0.4, -0.2) is 15.6 Å². The van der Waals surface area contributed by atoms with E-state index in [9.17, 15) is 4.79 Å². The van der Waals surface area contributed by atoms with Crippen molar-refractivity contribution in [2.24, 2.45) is 11.8 Å². The Balaban J connectivity index is 1.66. The van der Waals surface area contributed by atoms with Crippen molar-refractivity contribution in [1.82, 2.24) is 9.55 Å². The zero-order chi connectivity index (χ0) is 14.8. The van der Waals surface area contributed by atoms with Crippen LogP contribution in [0.3, 0.4) is 0 Å². The molecule has 4 nitrogen and oxygen atoms in total. The highest BCUT2D eigenvalue weighted by atomic mass is 16.1. The third-order valence-corrected chi connectivity index (χ3v) is 5.11. The Morgan fingerprint density at radius 1 is 1.19 bits per heavy atom. The Kier molecular flexibility index (Phi) is 4.32. The van der Waals surface area contributed by atoms with Crippen LogP contribution in [-0.2, 0) is 0 Å². The summed E-state index contributed by atoms with van der Waals surface area (Å²) in [6.07, 6.45) is 12.0. The molecule has 1 aromatic rings. The van der Waals surface area contributed by atoms with E-state index in [1.54, 1.807) is 6.20 Å². The van der Waals surface area contributed by atoms with Gasteiger partial charge in [-0.2, -0.15) is 0 Å². The number of hydrogen-bond acceptors (Lipinski definition) is 3. The molecule has 0 aliphatic heterocycles. The van der Waals surface area contributed by atoms with Crippen molar-refractivity contribution in [2.75, 3.05) is 5.32 Å². The highest BCUT2D eigenvalue weighted by Gasteiger charge is 2.26. The zero-order valence-corrected chi connectivity index (χ0v) is 13.2. The second-order valence-electron chi connectivity index (χ2n) is 7.07. The van der Waals surface area contributed by atoms with Gasteiger partial charge in [-0.3, -0.25) is 4.79 Å². The second-order valence-corrected chi connectivity index (χ2v) is 7.07. The van der Waals surface area contributed by atoms with Crippen LogP contribution in [0.5, 0.6) is 0 Å². The van der Waals surface area contributed by atoms with E-state index in [0.29, 0.717) is 17.9 Å². The van der Waals surface area contributed by atoms with E-state index in [0.717, 1.165) is 37.5 Å². The quantitative estimate of drug-likeness (QED) is 0.862. The summed E-state index contributed by atoms with van der Waals surface area (Å²) < 4.78 is 1.85. The molecule has 2 unspecified atom stereocenters. The van der Waals surface area contributed by atoms with E-state index < -0.39 is 0 Å². The molecule has 0 saturated heterocycles. The van der Waals surface area contributed by atoms with Gasteiger partial charge < -0.3 is 9.88 Å². The second kappa shape index (κ2) is 6.20. The van der Waals surface area contributed by atoms with Crippen molar-refractivity contribution in [2.45, 2.75) is 70.9 Å². The number of nitrogens with one attached hydrogen (secondary N) is 1. The lowest BCUT2D eigenvalue weighted by molar-refractivity contribution is 0.341. The molecule has 1 aromatic heterocycles. The maximum atomic E-state index is 12.4. The Morgan fingerprint density at radius 3 is 2.71 bits per heavy atom. The van der Waals surface area contributed by atoms with Crippen LogP contribution < -0.4 is 10.9 Å². The summed E-state index contributed by atoms with van der Waals surface area (Å²) in [5.41, 5.74) is 0.0599. The molecule has 2 saturated carbocycles. The van der Waals surface area contributed by atoms with Gasteiger partial charge in [-0.05, 0) is 43.9 Å². The summed E-state index contributed by atoms with van der Waals surface area (Å²) in [5.74, 6) is 2.16. The van der Waals surface area contributed by atoms with Crippen molar-refractivity contribution in [3.05, 3.63) is 22.7 Å². The molecular formula is C17H27N3O. The third kappa shape index (κ3) is 3.47. The lowest BCUT2D eigenvalue weighted by atomic mass is 9.89. The molecule has 1 heterocycles. The largest absolute Gasteiger partial charge is 0.363 e. The molecular weight excluding hydrogens is 262 g/mol. The van der Waals surface area contributed by atoms with Gasteiger partial charge in [0.05, 0.1) is 0 Å². The van der Waals surface area contributed by atoms with Gasteiger partial charge in [-0.25, -0.2) is 4.98 Å². The molecule has 0 amide bonds. The van der Waals surface area contributed by atoms with Crippen molar-refractivity contribution in [1.29, 1.82) is 0 Å². The molecule has 2 aliphatic carbocycles. The third-order valence-electron chi connectivity index (χ3n) is 5.11. The fourth-order valence-corrected chi connectivity index (χ4v) is 3.50. The van der Waals surface area contributed by atoms with Crippen LogP contribution in [0.15, 0.2) is 17.2 Å². The highest BCUT2D eigenvalue weighted by Crippen LogP contribution is 2.33. The molecule has 1 N–H and O–H groups in total. The summed E-state index contributed by atoms with van der Waals surface area (Å²) in [5, 5.41) is 3.43. The Morgan fingerprint density at radius 2 is 2.00 bits per heavy atom. The van der Waals surface area contributed by atoms with Gasteiger partial charge in [-0.1, -0.05) is 26.7 Å². The van der Waals surface area contributed by atoms with Crippen LogP contribution in [0.4, 0.5) is 5.82 Å². The minimum Gasteiger partial charge on any atom is -0.363 e. The van der Waals surface area contributed by atoms with Gasteiger partial charge >= 0.3 is 0 Å². The standard InChI is InChI=1S/C17H27N3O/c1-12(2)13-4-3-5-14(7-6-13)19-16-17(21)20(11-10-18-16)15-8-9-15/h10-15H,3-9H2,1-2H3,(H,18,19). The normalized spacial score (nSPS) is 26.6. The number of anilines is 1. The van der Waals surface area contributed by atoms with Gasteiger partial charge in [-0.15, -0.1) is 0 Å². The fourth-order valence-electron chi connectivity index (χ4n) is 3.50. The van der Waals surface area contributed by atoms with E-state index in [4.69, 9.17) is 0 Å². The van der Waals surface area contributed by atoms with Crippen LogP contribution in [0, 0.1) is 11.8 Å². The maximum absolute atomic E-state index is 12.4. The summed E-state index contributed by atoms with van der Waals surface area (Å²) >= 11 is 0. The lowest BCUT2D eigenvalue weighted by Crippen LogP contribution is -2.28. The monoisotopic (exact) mass is 289 g/mol. The van der Waals surface area contributed by atoms with E-state index in [-0.39, 0.29) is 5.56 Å². The fraction of sp³-hybridized carbons (Fsp3) is 0.765. The molecule has 0 spiro atoms. The molecule has 116 valence electrons. The van der Waals surface area contributed by atoms with Crippen LogP contribution >= 0.6 is 0 Å². The number of hydrogen-bond donors (Lipinski definition) is 1. The molecule has 21 heavy (non-hydrogen) atoms. The van der Waals surface area contributed by atoms with E-state index in [1.807, 2.05) is 10.8 Å². The van der Waals surface area contributed by atoms with Gasteiger partial charge in [0.2, 0.25) is 0 Å². The van der Waals surface area contributed by atoms with E-state index in [2.05, 4.69) is 24.1 Å². The molecule has 2 aliphatic rings. The molecule has 0 aromatic carbocycles. The first-order valence-corrected chi connectivity index (χ1v) is 8.49. The number of nitrogens with zero attached hydrogens (tertiary/aromatic N) is 2. The molecule has 0 bridgehead atoms. The zero-order valence-electron chi connectivity index (χ0n) is 13.2. The smallest absolute Gasteiger partial charge is 0.293 e. The summed E-state index contributed by atoms with van der Waals surface area (Å²) in [6.45, 7) is 4.65. The lowest BCUT2D eigenvalue weighted by Gasteiger charge is -2.19. The summed E-state index contributed by atoms with van der Waals surface area (Å²) in [7, 11) is 0. The number of aromatic nitrogens is 2. The topological polar surface area (TPSA) is 46.9 Å². The van der Waals surface area contributed by atoms with Crippen molar-refractivity contribution < 1.29 is 0 Å². The van der Waals surface area contributed by atoms with Crippen LogP contribution in [0.1, 0.15) is 64.8 Å². The van der Waals surface area contributed by atoms with E-state index >= 15 is 0 Å². The Labute approximate surface area is 127 Å². The first-order chi connectivity index (χ1) is 10.1. The SMILES string of the molecule is CC(C)C1CCCC(Nc2nccn(C3CC3)c2=O)CC1. The predicted molar refractivity (Wildman–Crippen MR) is 85.6 cm³/mol. The van der Waals surface area contributed by atoms with Gasteiger partial charge in [0.25, 0.3) is 5.56 Å². The molecule has 0 radical (unpaired) electrons. The average Bonchev–Trinajstić information content (AvgIpc) is 3.27. The number of rotatable bonds is 4. The van der Waals surface area contributed by atoms with Crippen LogP contribution in [0.25, 0.3) is 0 Å². The van der Waals surface area contributed by atoms with Crippen molar-refractivity contribution in [3.63, 3.8) is 0 Å². The minimum atomic E-state index is 0.0599. The molecule has 3 rings (SSSR count). The highest BCUT2D eigenvalue weighted by molar-refractivity contribution is 5.32. The molecule has 2 fully saturated rings. The maximum Gasteiger partial charge on any atom is 0.293 e. The van der Waals surface area contributed by atoms with Gasteiger partial charge in [0.1, 0.15) is 0 Å². The van der Waals surface area contributed by atoms with E-state index in [1.165, 1.54) is 19.3 Å². The van der Waals surface area contributed by atoms with Crippen molar-refractivity contribution >= 4 is 5.82 Å². The summed E-state index contributed by atoms with van der Waals surface area (Å²) in [6, 6.07) is 0.824. The van der Waals surface area contributed by atoms with Gasteiger partial charge in [0.15, 0.2) is 5.82 Å². The first kappa shape index (κ1) is 14.6. The molecule has 4 heteroatoms. The van der Waals surface area contributed by atoms with Crippen molar-refractivity contribution in [3.8, 4) is 0 Å². The Hall–Kier alpha value is -1.32. The average molecular weight is 289 g/mol. The van der Waals surface area contributed by atoms with Crippen LogP contribution in [0.2, 0.25) is 0 Å².